The van der Waals surface area contributed by atoms with E-state index >= 15 is 0 Å². The van der Waals surface area contributed by atoms with Crippen molar-refractivity contribution in [3.63, 3.8) is 0 Å². The highest BCUT2D eigenvalue weighted by Gasteiger charge is 2.16. The van der Waals surface area contributed by atoms with Gasteiger partial charge in [0.2, 0.25) is 0 Å². The molecule has 0 amide bonds. The number of pyridine rings is 1. The summed E-state index contributed by atoms with van der Waals surface area (Å²) in [6.07, 6.45) is 2.15. The van der Waals surface area contributed by atoms with E-state index in [0.717, 1.165) is 29.6 Å². The van der Waals surface area contributed by atoms with Gasteiger partial charge in [0.15, 0.2) is 0 Å². The van der Waals surface area contributed by atoms with Crippen LogP contribution in [0.3, 0.4) is 0 Å². The Bertz CT molecular complexity index is 638. The van der Waals surface area contributed by atoms with Crippen molar-refractivity contribution in [2.24, 2.45) is 0 Å². The maximum Gasteiger partial charge on any atom is 0.270 e. The van der Waals surface area contributed by atoms with Gasteiger partial charge in [-0.05, 0) is 38.5 Å². The van der Waals surface area contributed by atoms with Gasteiger partial charge in [-0.15, -0.1) is 0 Å². The summed E-state index contributed by atoms with van der Waals surface area (Å²) in [6, 6.07) is 8.44. The van der Waals surface area contributed by atoms with E-state index in [-0.39, 0.29) is 11.2 Å². The molecule has 0 bridgehead atoms. The van der Waals surface area contributed by atoms with E-state index in [0.29, 0.717) is 0 Å². The Kier molecular flexibility index (Phi) is 3.88. The monoisotopic (exact) mass is 273 g/mol. The predicted octanol–water partition coefficient (Wildman–Crippen LogP) is 4.13. The molecule has 1 aromatic carbocycles. The summed E-state index contributed by atoms with van der Waals surface area (Å²) in [4.78, 5) is 14.9. The molecule has 20 heavy (non-hydrogen) atoms. The molecule has 0 saturated carbocycles. The van der Waals surface area contributed by atoms with Gasteiger partial charge in [-0.2, -0.15) is 0 Å². The van der Waals surface area contributed by atoms with E-state index in [1.54, 1.807) is 12.1 Å². The average Bonchev–Trinajstić information content (AvgIpc) is 2.37. The highest BCUT2D eigenvalue weighted by atomic mass is 16.6. The van der Waals surface area contributed by atoms with Crippen LogP contribution in [0.15, 0.2) is 30.3 Å². The number of rotatable bonds is 5. The standard InChI is InChI=1S/C15H19N3O2/c1-4-9-15(2,3)17-14-8-5-11-10-12(18(19)20)6-7-13(11)16-14/h5-8,10H,4,9H2,1-3H3,(H,16,17). The number of non-ortho nitro benzene ring substituents is 1. The fourth-order valence-electron chi connectivity index (χ4n) is 2.33. The second-order valence-electron chi connectivity index (χ2n) is 5.59. The molecule has 0 spiro atoms. The first-order valence-electron chi connectivity index (χ1n) is 6.75. The lowest BCUT2D eigenvalue weighted by molar-refractivity contribution is -0.384. The van der Waals surface area contributed by atoms with Gasteiger partial charge in [0.05, 0.1) is 10.4 Å². The number of benzene rings is 1. The molecule has 0 aliphatic heterocycles. The summed E-state index contributed by atoms with van der Waals surface area (Å²) < 4.78 is 0. The number of nitrogens with one attached hydrogen (secondary N) is 1. The third kappa shape index (κ3) is 3.23. The molecule has 5 nitrogen and oxygen atoms in total. The molecule has 0 unspecified atom stereocenters. The van der Waals surface area contributed by atoms with Gasteiger partial charge in [0, 0.05) is 23.1 Å². The van der Waals surface area contributed by atoms with Crippen molar-refractivity contribution in [3.05, 3.63) is 40.4 Å². The van der Waals surface area contributed by atoms with Crippen molar-refractivity contribution < 1.29 is 4.92 Å². The number of aromatic nitrogens is 1. The Morgan fingerprint density at radius 1 is 1.30 bits per heavy atom. The molecule has 2 rings (SSSR count). The van der Waals surface area contributed by atoms with Crippen molar-refractivity contribution in [3.8, 4) is 0 Å². The number of nitro benzene ring substituents is 1. The van der Waals surface area contributed by atoms with E-state index in [4.69, 9.17) is 0 Å². The van der Waals surface area contributed by atoms with Crippen molar-refractivity contribution in [2.75, 3.05) is 5.32 Å². The molecule has 0 fully saturated rings. The third-order valence-corrected chi connectivity index (χ3v) is 3.23. The number of hydrogen-bond acceptors (Lipinski definition) is 4. The van der Waals surface area contributed by atoms with Gasteiger partial charge in [-0.1, -0.05) is 13.3 Å². The minimum Gasteiger partial charge on any atom is -0.365 e. The van der Waals surface area contributed by atoms with Crippen molar-refractivity contribution >= 4 is 22.4 Å². The van der Waals surface area contributed by atoms with Crippen LogP contribution in [0, 0.1) is 10.1 Å². The molecule has 106 valence electrons. The number of nitrogens with zero attached hydrogens (tertiary/aromatic N) is 2. The fraction of sp³-hybridized carbons (Fsp3) is 0.400. The highest BCUT2D eigenvalue weighted by molar-refractivity contribution is 5.82. The van der Waals surface area contributed by atoms with Crippen LogP contribution >= 0.6 is 0 Å². The smallest absolute Gasteiger partial charge is 0.270 e. The van der Waals surface area contributed by atoms with Crippen LogP contribution in [0.1, 0.15) is 33.6 Å². The van der Waals surface area contributed by atoms with Crippen LogP contribution in [-0.4, -0.2) is 15.4 Å². The van der Waals surface area contributed by atoms with Gasteiger partial charge < -0.3 is 5.32 Å². The maximum atomic E-state index is 10.7. The van der Waals surface area contributed by atoms with Crippen LogP contribution in [0.2, 0.25) is 0 Å². The molecule has 1 heterocycles. The van der Waals surface area contributed by atoms with Crippen LogP contribution < -0.4 is 5.32 Å². The topological polar surface area (TPSA) is 68.1 Å². The minimum absolute atomic E-state index is 0.0177. The van der Waals surface area contributed by atoms with E-state index in [1.165, 1.54) is 6.07 Å². The molecular weight excluding hydrogens is 254 g/mol. The second kappa shape index (κ2) is 5.45. The molecule has 1 aromatic heterocycles. The zero-order chi connectivity index (χ0) is 14.8. The number of anilines is 1. The fourth-order valence-corrected chi connectivity index (χ4v) is 2.33. The highest BCUT2D eigenvalue weighted by Crippen LogP contribution is 2.23. The lowest BCUT2D eigenvalue weighted by Crippen LogP contribution is -2.30. The largest absolute Gasteiger partial charge is 0.365 e. The normalized spacial score (nSPS) is 11.6. The van der Waals surface area contributed by atoms with Crippen LogP contribution in [0.25, 0.3) is 10.9 Å². The predicted molar refractivity (Wildman–Crippen MR) is 81.0 cm³/mol. The summed E-state index contributed by atoms with van der Waals surface area (Å²) in [5.41, 5.74) is 0.829. The summed E-state index contributed by atoms with van der Waals surface area (Å²) in [7, 11) is 0. The molecule has 0 radical (unpaired) electrons. The van der Waals surface area contributed by atoms with Crippen LogP contribution in [-0.2, 0) is 0 Å². The molecule has 2 aromatic rings. The van der Waals surface area contributed by atoms with Crippen molar-refractivity contribution in [1.82, 2.24) is 4.98 Å². The molecule has 0 atom stereocenters. The SMILES string of the molecule is CCCC(C)(C)Nc1ccc2cc([N+](=O)[O-])ccc2n1. The number of hydrogen-bond donors (Lipinski definition) is 1. The van der Waals surface area contributed by atoms with Gasteiger partial charge in [0.25, 0.3) is 5.69 Å². The molecule has 0 saturated heterocycles. The maximum absolute atomic E-state index is 10.7. The average molecular weight is 273 g/mol. The number of nitro groups is 1. The Labute approximate surface area is 118 Å². The number of fused-ring (bicyclic) bond motifs is 1. The Morgan fingerprint density at radius 3 is 2.70 bits per heavy atom. The molecular formula is C15H19N3O2. The van der Waals surface area contributed by atoms with E-state index in [1.807, 2.05) is 12.1 Å². The Morgan fingerprint density at radius 2 is 2.05 bits per heavy atom. The van der Waals surface area contributed by atoms with Gasteiger partial charge in [0.1, 0.15) is 5.82 Å². The molecule has 1 N–H and O–H groups in total. The summed E-state index contributed by atoms with van der Waals surface area (Å²) >= 11 is 0. The molecule has 5 heteroatoms. The van der Waals surface area contributed by atoms with E-state index < -0.39 is 4.92 Å². The van der Waals surface area contributed by atoms with E-state index in [9.17, 15) is 10.1 Å². The first kappa shape index (κ1) is 14.2. The summed E-state index contributed by atoms with van der Waals surface area (Å²) in [5, 5.41) is 14.9. The molecule has 0 aliphatic carbocycles. The first-order chi connectivity index (χ1) is 9.41. The first-order valence-corrected chi connectivity index (χ1v) is 6.75. The summed E-state index contributed by atoms with van der Waals surface area (Å²) in [6.45, 7) is 6.42. The van der Waals surface area contributed by atoms with Crippen molar-refractivity contribution in [2.45, 2.75) is 39.2 Å². The van der Waals surface area contributed by atoms with E-state index in [2.05, 4.69) is 31.1 Å². The summed E-state index contributed by atoms with van der Waals surface area (Å²) in [5.74, 6) is 0.796. The third-order valence-electron chi connectivity index (χ3n) is 3.23. The van der Waals surface area contributed by atoms with Gasteiger partial charge in [-0.3, -0.25) is 10.1 Å². The minimum atomic E-state index is -0.393. The molecule has 0 aliphatic rings. The second-order valence-corrected chi connectivity index (χ2v) is 5.59. The quantitative estimate of drug-likeness (QED) is 0.656. The zero-order valence-electron chi connectivity index (χ0n) is 12.0. The van der Waals surface area contributed by atoms with Crippen molar-refractivity contribution in [1.29, 1.82) is 0 Å². The van der Waals surface area contributed by atoms with Crippen LogP contribution in [0.4, 0.5) is 11.5 Å². The van der Waals surface area contributed by atoms with Gasteiger partial charge in [-0.25, -0.2) is 4.98 Å². The Balaban J connectivity index is 2.30. The van der Waals surface area contributed by atoms with Gasteiger partial charge >= 0.3 is 0 Å². The lowest BCUT2D eigenvalue weighted by Gasteiger charge is -2.26. The van der Waals surface area contributed by atoms with Crippen LogP contribution in [0.5, 0.6) is 0 Å². The Hall–Kier alpha value is -2.17. The zero-order valence-corrected chi connectivity index (χ0v) is 12.0. The lowest BCUT2D eigenvalue weighted by atomic mass is 9.99.